The summed E-state index contributed by atoms with van der Waals surface area (Å²) in [5.74, 6) is -0.600. The van der Waals surface area contributed by atoms with Crippen molar-refractivity contribution in [3.05, 3.63) is 83.2 Å². The van der Waals surface area contributed by atoms with Crippen molar-refractivity contribution in [3.63, 3.8) is 0 Å². The van der Waals surface area contributed by atoms with Gasteiger partial charge in [-0.3, -0.25) is 14.6 Å². The Kier molecular flexibility index (Phi) is 4.86. The second kappa shape index (κ2) is 7.61. The van der Waals surface area contributed by atoms with Crippen molar-refractivity contribution in [2.45, 2.75) is 25.7 Å². The lowest BCUT2D eigenvalue weighted by molar-refractivity contribution is -0.130. The Hall–Kier alpha value is -3.52. The van der Waals surface area contributed by atoms with Gasteiger partial charge in [0.25, 0.3) is 11.8 Å². The third kappa shape index (κ3) is 3.63. The molecular weight excluding hydrogens is 358 g/mol. The molecular formula is C20H19N5O3. The average Bonchev–Trinajstić information content (AvgIpc) is 3.41. The number of carbonyl (C=O) groups excluding carboxylic acids is 2. The highest BCUT2D eigenvalue weighted by Crippen LogP contribution is 2.25. The van der Waals surface area contributed by atoms with Crippen LogP contribution in [0, 0.1) is 0 Å². The van der Waals surface area contributed by atoms with E-state index in [0.717, 1.165) is 16.7 Å². The number of pyridine rings is 1. The van der Waals surface area contributed by atoms with Crippen molar-refractivity contribution in [2.24, 2.45) is 0 Å². The van der Waals surface area contributed by atoms with E-state index in [2.05, 4.69) is 20.3 Å². The molecule has 2 amide bonds. The average molecular weight is 377 g/mol. The molecule has 1 aromatic carbocycles. The highest BCUT2D eigenvalue weighted by atomic mass is 16.3. The Bertz CT molecular complexity index is 988. The van der Waals surface area contributed by atoms with Gasteiger partial charge in [0.1, 0.15) is 5.69 Å². The highest BCUT2D eigenvalue weighted by Gasteiger charge is 2.25. The van der Waals surface area contributed by atoms with Gasteiger partial charge in [0.2, 0.25) is 0 Å². The lowest BCUT2D eigenvalue weighted by Crippen LogP contribution is -2.29. The lowest BCUT2D eigenvalue weighted by Gasteiger charge is -2.13. The fourth-order valence-corrected chi connectivity index (χ4v) is 3.20. The molecule has 0 aliphatic carbocycles. The maximum absolute atomic E-state index is 12.5. The van der Waals surface area contributed by atoms with Crippen LogP contribution in [-0.2, 0) is 24.4 Å². The minimum Gasteiger partial charge on any atom is -0.377 e. The zero-order valence-corrected chi connectivity index (χ0v) is 15.0. The summed E-state index contributed by atoms with van der Waals surface area (Å²) >= 11 is 0. The van der Waals surface area contributed by atoms with Gasteiger partial charge in [-0.15, -0.1) is 0 Å². The summed E-state index contributed by atoms with van der Waals surface area (Å²) in [6.45, 7) is 1.33. The molecule has 1 aliphatic rings. The SMILES string of the molecule is O=C(NCc1ccc2c(c1)CN(C(=O)c1cnc[nH]1)C2)C(O)c1ccccn1. The summed E-state index contributed by atoms with van der Waals surface area (Å²) in [5, 5.41) is 12.8. The monoisotopic (exact) mass is 377 g/mol. The van der Waals surface area contributed by atoms with Gasteiger partial charge in [-0.1, -0.05) is 24.3 Å². The van der Waals surface area contributed by atoms with Gasteiger partial charge in [0.05, 0.1) is 18.2 Å². The molecule has 1 unspecified atom stereocenters. The normalized spacial score (nSPS) is 13.8. The Morgan fingerprint density at radius 3 is 2.82 bits per heavy atom. The van der Waals surface area contributed by atoms with Crippen LogP contribution in [0.4, 0.5) is 0 Å². The summed E-state index contributed by atoms with van der Waals surface area (Å²) in [6, 6.07) is 10.9. The molecule has 1 atom stereocenters. The number of nitrogens with one attached hydrogen (secondary N) is 2. The molecule has 0 spiro atoms. The molecule has 4 rings (SSSR count). The van der Waals surface area contributed by atoms with Crippen LogP contribution in [-0.4, -0.2) is 36.8 Å². The van der Waals surface area contributed by atoms with Gasteiger partial charge < -0.3 is 20.3 Å². The van der Waals surface area contributed by atoms with Crippen LogP contribution in [0.15, 0.2) is 55.1 Å². The number of benzene rings is 1. The van der Waals surface area contributed by atoms with Crippen LogP contribution >= 0.6 is 0 Å². The molecule has 1 aliphatic heterocycles. The maximum Gasteiger partial charge on any atom is 0.272 e. The smallest absolute Gasteiger partial charge is 0.272 e. The topological polar surface area (TPSA) is 111 Å². The summed E-state index contributed by atoms with van der Waals surface area (Å²) < 4.78 is 0. The second-order valence-corrected chi connectivity index (χ2v) is 6.60. The first-order chi connectivity index (χ1) is 13.6. The van der Waals surface area contributed by atoms with Gasteiger partial charge in [-0.25, -0.2) is 4.98 Å². The number of aliphatic hydroxyl groups is 1. The number of carbonyl (C=O) groups is 2. The fraction of sp³-hybridized carbons (Fsp3) is 0.200. The number of nitrogens with zero attached hydrogens (tertiary/aromatic N) is 3. The number of aromatic nitrogens is 3. The van der Waals surface area contributed by atoms with E-state index in [9.17, 15) is 14.7 Å². The van der Waals surface area contributed by atoms with Gasteiger partial charge in [0, 0.05) is 25.8 Å². The number of amides is 2. The first-order valence-corrected chi connectivity index (χ1v) is 8.87. The minimum atomic E-state index is -1.31. The summed E-state index contributed by atoms with van der Waals surface area (Å²) in [5.41, 5.74) is 3.79. The van der Waals surface area contributed by atoms with E-state index < -0.39 is 12.0 Å². The van der Waals surface area contributed by atoms with Crippen LogP contribution in [0.1, 0.15) is 39.0 Å². The van der Waals surface area contributed by atoms with Crippen LogP contribution in [0.2, 0.25) is 0 Å². The molecule has 142 valence electrons. The molecule has 8 heteroatoms. The van der Waals surface area contributed by atoms with Gasteiger partial charge in [-0.05, 0) is 28.8 Å². The maximum atomic E-state index is 12.5. The first kappa shape index (κ1) is 17.9. The van der Waals surface area contributed by atoms with Gasteiger partial charge >= 0.3 is 0 Å². The number of hydrogen-bond donors (Lipinski definition) is 3. The van der Waals surface area contributed by atoms with Crippen molar-refractivity contribution in [2.75, 3.05) is 0 Å². The third-order valence-corrected chi connectivity index (χ3v) is 4.69. The van der Waals surface area contributed by atoms with Crippen molar-refractivity contribution in [3.8, 4) is 0 Å². The number of fused-ring (bicyclic) bond motifs is 1. The van der Waals surface area contributed by atoms with E-state index in [0.29, 0.717) is 24.5 Å². The van der Waals surface area contributed by atoms with Crippen LogP contribution in [0.5, 0.6) is 0 Å². The third-order valence-electron chi connectivity index (χ3n) is 4.69. The van der Waals surface area contributed by atoms with Crippen molar-refractivity contribution in [1.82, 2.24) is 25.2 Å². The fourth-order valence-electron chi connectivity index (χ4n) is 3.20. The molecule has 0 saturated heterocycles. The van der Waals surface area contributed by atoms with E-state index in [-0.39, 0.29) is 12.5 Å². The van der Waals surface area contributed by atoms with Crippen LogP contribution in [0.3, 0.4) is 0 Å². The predicted octanol–water partition coefficient (Wildman–Crippen LogP) is 1.31. The van der Waals surface area contributed by atoms with E-state index in [1.807, 2.05) is 18.2 Å². The Balaban J connectivity index is 1.38. The Morgan fingerprint density at radius 1 is 1.21 bits per heavy atom. The number of imidazole rings is 1. The lowest BCUT2D eigenvalue weighted by atomic mass is 10.1. The summed E-state index contributed by atoms with van der Waals surface area (Å²) in [6.07, 6.45) is 3.22. The largest absolute Gasteiger partial charge is 0.377 e. The summed E-state index contributed by atoms with van der Waals surface area (Å²) in [7, 11) is 0. The van der Waals surface area contributed by atoms with E-state index in [1.165, 1.54) is 18.7 Å². The highest BCUT2D eigenvalue weighted by molar-refractivity contribution is 5.92. The van der Waals surface area contributed by atoms with E-state index >= 15 is 0 Å². The molecule has 8 nitrogen and oxygen atoms in total. The Labute approximate surface area is 161 Å². The zero-order chi connectivity index (χ0) is 19.5. The van der Waals surface area contributed by atoms with E-state index in [1.54, 1.807) is 23.1 Å². The molecule has 0 saturated carbocycles. The molecule has 3 N–H and O–H groups in total. The molecule has 2 aromatic heterocycles. The predicted molar refractivity (Wildman–Crippen MR) is 99.7 cm³/mol. The van der Waals surface area contributed by atoms with Crippen molar-refractivity contribution in [1.29, 1.82) is 0 Å². The van der Waals surface area contributed by atoms with E-state index in [4.69, 9.17) is 0 Å². The van der Waals surface area contributed by atoms with Gasteiger partial charge in [0.15, 0.2) is 6.10 Å². The molecule has 28 heavy (non-hydrogen) atoms. The van der Waals surface area contributed by atoms with Crippen molar-refractivity contribution < 1.29 is 14.7 Å². The van der Waals surface area contributed by atoms with Crippen LogP contribution < -0.4 is 5.32 Å². The standard InChI is InChI=1S/C20H19N5O3/c26-18(16-3-1-2-6-22-16)19(27)23-8-13-4-5-14-10-25(11-15(14)7-13)20(28)17-9-21-12-24-17/h1-7,9,12,18,26H,8,10-11H2,(H,21,24)(H,23,27). The molecule has 3 aromatic rings. The number of aromatic amines is 1. The minimum absolute atomic E-state index is 0.0953. The second-order valence-electron chi connectivity index (χ2n) is 6.60. The number of hydrogen-bond acceptors (Lipinski definition) is 5. The van der Waals surface area contributed by atoms with Crippen molar-refractivity contribution >= 4 is 11.8 Å². The Morgan fingerprint density at radius 2 is 2.07 bits per heavy atom. The molecule has 0 radical (unpaired) electrons. The first-order valence-electron chi connectivity index (χ1n) is 8.87. The quantitative estimate of drug-likeness (QED) is 0.621. The number of H-pyrrole nitrogens is 1. The molecule has 3 heterocycles. The number of aliphatic hydroxyl groups excluding tert-OH is 1. The molecule has 0 fully saturated rings. The molecule has 0 bridgehead atoms. The zero-order valence-electron chi connectivity index (χ0n) is 15.0. The number of rotatable bonds is 5. The van der Waals surface area contributed by atoms with Gasteiger partial charge in [-0.2, -0.15) is 0 Å². The summed E-state index contributed by atoms with van der Waals surface area (Å²) in [4.78, 5) is 37.1. The van der Waals surface area contributed by atoms with Crippen LogP contribution in [0.25, 0.3) is 0 Å².